The van der Waals surface area contributed by atoms with E-state index in [0.717, 1.165) is 17.0 Å². The van der Waals surface area contributed by atoms with E-state index >= 15 is 0 Å². The number of nitrogens with zero attached hydrogens (tertiary/aromatic N) is 4. The van der Waals surface area contributed by atoms with Crippen LogP contribution in [0.5, 0.6) is 5.75 Å². The van der Waals surface area contributed by atoms with Gasteiger partial charge in [0.05, 0.1) is 47.4 Å². The van der Waals surface area contributed by atoms with Gasteiger partial charge in [-0.05, 0) is 38.8 Å². The SMILES string of the molecule is Cc1nc2c3c(nn2c(C)c1Cl)CN(C(=O)c1ccc(F)cc1OCCCCO)C3. The molecular formula is C21H22ClFN4O3. The van der Waals surface area contributed by atoms with Crippen molar-refractivity contribution in [3.05, 3.63) is 57.2 Å². The molecule has 7 nitrogen and oxygen atoms in total. The fraction of sp³-hybridized carbons (Fsp3) is 0.381. The molecule has 1 amide bonds. The van der Waals surface area contributed by atoms with Gasteiger partial charge in [-0.3, -0.25) is 4.79 Å². The summed E-state index contributed by atoms with van der Waals surface area (Å²) in [6, 6.07) is 3.90. The molecule has 30 heavy (non-hydrogen) atoms. The monoisotopic (exact) mass is 432 g/mol. The van der Waals surface area contributed by atoms with Gasteiger partial charge in [0.25, 0.3) is 5.91 Å². The molecule has 0 atom stereocenters. The van der Waals surface area contributed by atoms with E-state index in [1.165, 1.54) is 18.2 Å². The van der Waals surface area contributed by atoms with E-state index in [4.69, 9.17) is 21.4 Å². The van der Waals surface area contributed by atoms with E-state index in [1.807, 2.05) is 13.8 Å². The summed E-state index contributed by atoms with van der Waals surface area (Å²) in [5.41, 5.74) is 4.17. The Labute approximate surface area is 178 Å². The molecule has 3 aromatic rings. The molecule has 1 aromatic carbocycles. The van der Waals surface area contributed by atoms with Crippen molar-refractivity contribution in [2.75, 3.05) is 13.2 Å². The highest BCUT2D eigenvalue weighted by Crippen LogP contribution is 2.31. The lowest BCUT2D eigenvalue weighted by Crippen LogP contribution is -2.26. The summed E-state index contributed by atoms with van der Waals surface area (Å²) in [5.74, 6) is -0.530. The Kier molecular flexibility index (Phi) is 5.62. The van der Waals surface area contributed by atoms with Crippen molar-refractivity contribution in [2.24, 2.45) is 0 Å². The van der Waals surface area contributed by atoms with Crippen molar-refractivity contribution in [2.45, 2.75) is 39.8 Å². The number of carbonyl (C=O) groups is 1. The molecule has 0 unspecified atom stereocenters. The van der Waals surface area contributed by atoms with Gasteiger partial charge in [0.1, 0.15) is 11.6 Å². The molecule has 9 heteroatoms. The Morgan fingerprint density at radius 1 is 1.30 bits per heavy atom. The third-order valence-electron chi connectivity index (χ3n) is 5.23. The molecule has 3 heterocycles. The van der Waals surface area contributed by atoms with Crippen LogP contribution in [0.2, 0.25) is 5.02 Å². The number of hydrogen-bond donors (Lipinski definition) is 1. The van der Waals surface area contributed by atoms with Gasteiger partial charge in [-0.15, -0.1) is 0 Å². The molecule has 4 rings (SSSR count). The van der Waals surface area contributed by atoms with Gasteiger partial charge >= 0.3 is 0 Å². The van der Waals surface area contributed by atoms with Crippen LogP contribution >= 0.6 is 11.6 Å². The smallest absolute Gasteiger partial charge is 0.258 e. The average Bonchev–Trinajstić information content (AvgIpc) is 3.28. The number of unbranched alkanes of at least 4 members (excludes halogenated alkanes) is 1. The van der Waals surface area contributed by atoms with Crippen LogP contribution in [-0.2, 0) is 13.1 Å². The zero-order chi connectivity index (χ0) is 21.4. The predicted molar refractivity (Wildman–Crippen MR) is 109 cm³/mol. The number of ether oxygens (including phenoxy) is 1. The minimum atomic E-state index is -0.474. The lowest BCUT2D eigenvalue weighted by Gasteiger charge is -2.18. The van der Waals surface area contributed by atoms with Gasteiger partial charge in [0.15, 0.2) is 5.65 Å². The van der Waals surface area contributed by atoms with Crippen LogP contribution in [-0.4, -0.2) is 43.7 Å². The van der Waals surface area contributed by atoms with E-state index in [9.17, 15) is 9.18 Å². The number of carbonyl (C=O) groups excluding carboxylic acids is 1. The predicted octanol–water partition coefficient (Wildman–Crippen LogP) is 3.45. The number of fused-ring (bicyclic) bond motifs is 3. The topological polar surface area (TPSA) is 80.0 Å². The maximum absolute atomic E-state index is 13.7. The van der Waals surface area contributed by atoms with Gasteiger partial charge < -0.3 is 14.7 Å². The first kappa shape index (κ1) is 20.6. The summed E-state index contributed by atoms with van der Waals surface area (Å²) in [7, 11) is 0. The summed E-state index contributed by atoms with van der Waals surface area (Å²) >= 11 is 6.28. The third-order valence-corrected chi connectivity index (χ3v) is 5.77. The number of aliphatic hydroxyl groups is 1. The van der Waals surface area contributed by atoms with E-state index < -0.39 is 5.82 Å². The molecule has 0 saturated carbocycles. The van der Waals surface area contributed by atoms with Crippen molar-refractivity contribution >= 4 is 23.2 Å². The first-order valence-corrected chi connectivity index (χ1v) is 10.1. The highest BCUT2D eigenvalue weighted by molar-refractivity contribution is 6.31. The van der Waals surface area contributed by atoms with Crippen LogP contribution in [0.4, 0.5) is 4.39 Å². The lowest BCUT2D eigenvalue weighted by atomic mass is 10.1. The van der Waals surface area contributed by atoms with Crippen LogP contribution in [0.3, 0.4) is 0 Å². The van der Waals surface area contributed by atoms with Crippen molar-refractivity contribution in [1.82, 2.24) is 19.5 Å². The van der Waals surface area contributed by atoms with E-state index in [0.29, 0.717) is 54.5 Å². The Hall–Kier alpha value is -2.71. The molecule has 0 saturated heterocycles. The Morgan fingerprint density at radius 3 is 2.87 bits per heavy atom. The van der Waals surface area contributed by atoms with Crippen molar-refractivity contribution in [3.8, 4) is 5.75 Å². The minimum absolute atomic E-state index is 0.0600. The van der Waals surface area contributed by atoms with Gasteiger partial charge in [-0.2, -0.15) is 5.10 Å². The molecule has 1 aliphatic heterocycles. The van der Waals surface area contributed by atoms with Gasteiger partial charge in [0.2, 0.25) is 0 Å². The quantitative estimate of drug-likeness (QED) is 0.603. The Bertz CT molecular complexity index is 1130. The molecular weight excluding hydrogens is 411 g/mol. The third kappa shape index (κ3) is 3.61. The van der Waals surface area contributed by atoms with Gasteiger partial charge in [-0.25, -0.2) is 13.9 Å². The van der Waals surface area contributed by atoms with Crippen LogP contribution in [0.15, 0.2) is 18.2 Å². The first-order chi connectivity index (χ1) is 14.4. The minimum Gasteiger partial charge on any atom is -0.493 e. The molecule has 0 radical (unpaired) electrons. The Morgan fingerprint density at radius 2 is 2.10 bits per heavy atom. The zero-order valence-corrected chi connectivity index (χ0v) is 17.5. The average molecular weight is 433 g/mol. The summed E-state index contributed by atoms with van der Waals surface area (Å²) in [4.78, 5) is 19.4. The first-order valence-electron chi connectivity index (χ1n) is 9.76. The maximum Gasteiger partial charge on any atom is 0.258 e. The van der Waals surface area contributed by atoms with E-state index in [1.54, 1.807) is 9.42 Å². The van der Waals surface area contributed by atoms with E-state index in [-0.39, 0.29) is 18.3 Å². The van der Waals surface area contributed by atoms with Crippen molar-refractivity contribution in [3.63, 3.8) is 0 Å². The molecule has 0 fully saturated rings. The highest BCUT2D eigenvalue weighted by atomic mass is 35.5. The normalized spacial score (nSPS) is 13.2. The maximum atomic E-state index is 13.7. The summed E-state index contributed by atoms with van der Waals surface area (Å²) in [5, 5.41) is 14.1. The molecule has 2 aromatic heterocycles. The molecule has 1 aliphatic rings. The fourth-order valence-corrected chi connectivity index (χ4v) is 3.74. The molecule has 0 bridgehead atoms. The summed E-state index contributed by atoms with van der Waals surface area (Å²) in [6.07, 6.45) is 1.19. The van der Waals surface area contributed by atoms with Gasteiger partial charge in [-0.1, -0.05) is 11.6 Å². The second kappa shape index (κ2) is 8.20. The number of aryl methyl sites for hydroxylation is 2. The van der Waals surface area contributed by atoms with Crippen LogP contribution in [0.25, 0.3) is 5.65 Å². The largest absolute Gasteiger partial charge is 0.493 e. The second-order valence-electron chi connectivity index (χ2n) is 7.34. The molecule has 1 N–H and O–H groups in total. The number of benzene rings is 1. The number of amides is 1. The molecule has 158 valence electrons. The van der Waals surface area contributed by atoms with Crippen LogP contribution in [0, 0.1) is 19.7 Å². The summed E-state index contributed by atoms with van der Waals surface area (Å²) < 4.78 is 21.1. The number of aliphatic hydroxyl groups excluding tert-OH is 1. The number of halogens is 2. The fourth-order valence-electron chi connectivity index (χ4n) is 3.62. The number of hydrogen-bond acceptors (Lipinski definition) is 5. The molecule has 0 aliphatic carbocycles. The lowest BCUT2D eigenvalue weighted by molar-refractivity contribution is 0.0745. The molecule has 0 spiro atoms. The standard InChI is InChI=1S/C21H22ClFN4O3/c1-12-19(22)13(2)27-20(24-12)16-10-26(11-17(16)25-27)21(29)15-6-5-14(23)9-18(15)30-8-4-3-7-28/h5-6,9,28H,3-4,7-8,10-11H2,1-2H3. The highest BCUT2D eigenvalue weighted by Gasteiger charge is 2.31. The van der Waals surface area contributed by atoms with Crippen LogP contribution < -0.4 is 4.74 Å². The van der Waals surface area contributed by atoms with Crippen molar-refractivity contribution in [1.29, 1.82) is 0 Å². The van der Waals surface area contributed by atoms with E-state index in [2.05, 4.69) is 10.1 Å². The second-order valence-corrected chi connectivity index (χ2v) is 7.72. The number of aromatic nitrogens is 3. The van der Waals surface area contributed by atoms with Crippen molar-refractivity contribution < 1.29 is 19.0 Å². The number of rotatable bonds is 6. The summed E-state index contributed by atoms with van der Waals surface area (Å²) in [6.45, 7) is 4.76. The zero-order valence-electron chi connectivity index (χ0n) is 16.8. The Balaban J connectivity index is 1.59. The van der Waals surface area contributed by atoms with Crippen LogP contribution in [0.1, 0.15) is 45.8 Å². The van der Waals surface area contributed by atoms with Gasteiger partial charge in [0, 0.05) is 18.2 Å².